The molecule has 240 valence electrons. The van der Waals surface area contributed by atoms with E-state index in [1.807, 2.05) is 54.6 Å². The van der Waals surface area contributed by atoms with Gasteiger partial charge in [0, 0.05) is 69.1 Å². The molecule has 0 radical (unpaired) electrons. The third kappa shape index (κ3) is 8.19. The SMILES string of the molecule is COC(=O)c1ccc(N2CCN(Cc3cc(OCCN4CCOCC4)ccc3-c3ccc(Cl)cc3)CC2)cc1Oc1ccccc1. The van der Waals surface area contributed by atoms with Crippen LogP contribution in [0, 0.1) is 0 Å². The minimum Gasteiger partial charge on any atom is -0.492 e. The second-order valence-electron chi connectivity index (χ2n) is 11.5. The summed E-state index contributed by atoms with van der Waals surface area (Å²) < 4.78 is 22.9. The average Bonchev–Trinajstić information content (AvgIpc) is 3.10. The second kappa shape index (κ2) is 15.5. The van der Waals surface area contributed by atoms with Gasteiger partial charge in [0.2, 0.25) is 0 Å². The fourth-order valence-corrected chi connectivity index (χ4v) is 6.04. The summed E-state index contributed by atoms with van der Waals surface area (Å²) in [5, 5.41) is 0.724. The van der Waals surface area contributed by atoms with Gasteiger partial charge in [-0.25, -0.2) is 4.79 Å². The molecule has 0 spiro atoms. The Hall–Kier alpha value is -4.08. The highest BCUT2D eigenvalue weighted by Gasteiger charge is 2.22. The van der Waals surface area contributed by atoms with Crippen LogP contribution < -0.4 is 14.4 Å². The first kappa shape index (κ1) is 31.9. The van der Waals surface area contributed by atoms with Crippen molar-refractivity contribution in [3.05, 3.63) is 107 Å². The number of carbonyl (C=O) groups is 1. The second-order valence-corrected chi connectivity index (χ2v) is 11.9. The number of methoxy groups -OCH3 is 1. The molecular weight excluding hydrogens is 602 g/mol. The zero-order valence-electron chi connectivity index (χ0n) is 26.2. The van der Waals surface area contributed by atoms with Crippen LogP contribution in [-0.2, 0) is 16.0 Å². The lowest BCUT2D eigenvalue weighted by atomic mass is 9.98. The van der Waals surface area contributed by atoms with Gasteiger partial charge in [0.15, 0.2) is 0 Å². The molecule has 4 aromatic carbocycles. The summed E-state index contributed by atoms with van der Waals surface area (Å²) in [5.74, 6) is 1.61. The van der Waals surface area contributed by atoms with E-state index in [2.05, 4.69) is 45.0 Å². The molecule has 0 aliphatic carbocycles. The van der Waals surface area contributed by atoms with Crippen molar-refractivity contribution < 1.29 is 23.7 Å². The molecule has 0 amide bonds. The van der Waals surface area contributed by atoms with Gasteiger partial charge in [-0.1, -0.05) is 48.0 Å². The maximum atomic E-state index is 12.5. The van der Waals surface area contributed by atoms with E-state index in [1.54, 1.807) is 6.07 Å². The topological polar surface area (TPSA) is 63.7 Å². The monoisotopic (exact) mass is 641 g/mol. The lowest BCUT2D eigenvalue weighted by molar-refractivity contribution is 0.0322. The van der Waals surface area contributed by atoms with E-state index in [0.29, 0.717) is 23.7 Å². The van der Waals surface area contributed by atoms with Gasteiger partial charge in [0.05, 0.1) is 20.3 Å². The first-order valence-electron chi connectivity index (χ1n) is 15.8. The molecule has 0 aromatic heterocycles. The van der Waals surface area contributed by atoms with Crippen LogP contribution in [0.3, 0.4) is 0 Å². The minimum atomic E-state index is -0.425. The molecule has 0 N–H and O–H groups in total. The zero-order valence-corrected chi connectivity index (χ0v) is 27.0. The summed E-state index contributed by atoms with van der Waals surface area (Å²) >= 11 is 6.21. The summed E-state index contributed by atoms with van der Waals surface area (Å²) in [5.41, 5.74) is 4.95. The van der Waals surface area contributed by atoms with E-state index >= 15 is 0 Å². The van der Waals surface area contributed by atoms with E-state index < -0.39 is 5.97 Å². The van der Waals surface area contributed by atoms with E-state index in [9.17, 15) is 4.79 Å². The van der Waals surface area contributed by atoms with Crippen LogP contribution in [0.5, 0.6) is 17.2 Å². The number of nitrogens with zero attached hydrogens (tertiary/aromatic N) is 3. The predicted octanol–water partition coefficient (Wildman–Crippen LogP) is 6.62. The molecule has 0 atom stereocenters. The van der Waals surface area contributed by atoms with Gasteiger partial charge in [-0.15, -0.1) is 0 Å². The fraction of sp³-hybridized carbons (Fsp3) is 0.324. The largest absolute Gasteiger partial charge is 0.492 e. The molecule has 9 heteroatoms. The van der Waals surface area contributed by atoms with Crippen molar-refractivity contribution in [2.75, 3.05) is 77.6 Å². The van der Waals surface area contributed by atoms with Crippen molar-refractivity contribution in [3.63, 3.8) is 0 Å². The Kier molecular flexibility index (Phi) is 10.7. The standard InChI is InChI=1S/C37H40ClN3O5/c1-43-37(42)35-13-11-31(26-36(35)46-32-5-3-2-4-6-32)41-17-15-40(16-18-41)27-29-25-33(45-24-21-39-19-22-44-23-20-39)12-14-34(29)28-7-9-30(38)10-8-28/h2-14,25-26H,15-24,27H2,1H3. The summed E-state index contributed by atoms with van der Waals surface area (Å²) in [6, 6.07) is 29.6. The van der Waals surface area contributed by atoms with Crippen molar-refractivity contribution in [1.29, 1.82) is 0 Å². The molecule has 2 saturated heterocycles. The van der Waals surface area contributed by atoms with E-state index in [0.717, 1.165) is 87.6 Å². The highest BCUT2D eigenvalue weighted by molar-refractivity contribution is 6.30. The van der Waals surface area contributed by atoms with Crippen LogP contribution >= 0.6 is 11.6 Å². The molecule has 2 fully saturated rings. The lowest BCUT2D eigenvalue weighted by Gasteiger charge is -2.36. The van der Waals surface area contributed by atoms with Crippen molar-refractivity contribution >= 4 is 23.3 Å². The van der Waals surface area contributed by atoms with Gasteiger partial charge in [-0.2, -0.15) is 0 Å². The number of ether oxygens (including phenoxy) is 4. The highest BCUT2D eigenvalue weighted by Crippen LogP contribution is 2.33. The van der Waals surface area contributed by atoms with Crippen molar-refractivity contribution in [3.8, 4) is 28.4 Å². The van der Waals surface area contributed by atoms with Gasteiger partial charge >= 0.3 is 5.97 Å². The number of esters is 1. The number of hydrogen-bond acceptors (Lipinski definition) is 8. The predicted molar refractivity (Wildman–Crippen MR) is 181 cm³/mol. The first-order chi connectivity index (χ1) is 22.6. The Balaban J connectivity index is 1.14. The zero-order chi connectivity index (χ0) is 31.7. The van der Waals surface area contributed by atoms with Crippen molar-refractivity contribution in [2.24, 2.45) is 0 Å². The van der Waals surface area contributed by atoms with Crippen LogP contribution in [0.2, 0.25) is 5.02 Å². The Bertz CT molecular complexity index is 1590. The van der Waals surface area contributed by atoms with Crippen LogP contribution in [0.4, 0.5) is 5.69 Å². The lowest BCUT2D eigenvalue weighted by Crippen LogP contribution is -2.46. The number of rotatable bonds is 11. The normalized spacial score (nSPS) is 15.8. The summed E-state index contributed by atoms with van der Waals surface area (Å²) in [4.78, 5) is 19.7. The molecule has 0 saturated carbocycles. The molecular formula is C37H40ClN3O5. The first-order valence-corrected chi connectivity index (χ1v) is 16.2. The summed E-state index contributed by atoms with van der Waals surface area (Å²) in [6.07, 6.45) is 0. The van der Waals surface area contributed by atoms with Crippen LogP contribution in [-0.4, -0.2) is 88.5 Å². The van der Waals surface area contributed by atoms with Crippen LogP contribution in [0.25, 0.3) is 11.1 Å². The van der Waals surface area contributed by atoms with E-state index in [1.165, 1.54) is 18.2 Å². The van der Waals surface area contributed by atoms with Gasteiger partial charge in [0.25, 0.3) is 0 Å². The van der Waals surface area contributed by atoms with Gasteiger partial charge in [-0.05, 0) is 65.2 Å². The molecule has 6 rings (SSSR count). The number of morpholine rings is 1. The summed E-state index contributed by atoms with van der Waals surface area (Å²) in [7, 11) is 1.38. The van der Waals surface area contributed by atoms with E-state index in [-0.39, 0.29) is 0 Å². The maximum Gasteiger partial charge on any atom is 0.341 e. The van der Waals surface area contributed by atoms with Crippen LogP contribution in [0.15, 0.2) is 91.0 Å². The summed E-state index contributed by atoms with van der Waals surface area (Å²) in [6.45, 7) is 9.26. The number of para-hydroxylation sites is 1. The van der Waals surface area contributed by atoms with Gasteiger partial charge < -0.3 is 23.8 Å². The minimum absolute atomic E-state index is 0.399. The van der Waals surface area contributed by atoms with Crippen molar-refractivity contribution in [1.82, 2.24) is 9.80 Å². The Labute approximate surface area is 276 Å². The van der Waals surface area contributed by atoms with Gasteiger partial charge in [-0.3, -0.25) is 9.80 Å². The number of benzene rings is 4. The molecule has 46 heavy (non-hydrogen) atoms. The molecule has 4 aromatic rings. The smallest absolute Gasteiger partial charge is 0.341 e. The fourth-order valence-electron chi connectivity index (χ4n) is 5.91. The number of halogens is 1. The molecule has 0 unspecified atom stereocenters. The number of hydrogen-bond donors (Lipinski definition) is 0. The highest BCUT2D eigenvalue weighted by atomic mass is 35.5. The maximum absolute atomic E-state index is 12.5. The third-order valence-corrected chi connectivity index (χ3v) is 8.74. The average molecular weight is 642 g/mol. The molecule has 2 aliphatic heterocycles. The van der Waals surface area contributed by atoms with Crippen LogP contribution in [0.1, 0.15) is 15.9 Å². The number of anilines is 1. The third-order valence-electron chi connectivity index (χ3n) is 8.48. The number of carbonyl (C=O) groups excluding carboxylic acids is 1. The van der Waals surface area contributed by atoms with E-state index in [4.69, 9.17) is 30.5 Å². The molecule has 8 nitrogen and oxygen atoms in total. The Morgan fingerprint density at radius 2 is 1.57 bits per heavy atom. The molecule has 2 aliphatic rings. The van der Waals surface area contributed by atoms with Crippen molar-refractivity contribution in [2.45, 2.75) is 6.54 Å². The quantitative estimate of drug-likeness (QED) is 0.169. The Morgan fingerprint density at radius 1 is 0.804 bits per heavy atom. The van der Waals surface area contributed by atoms with Gasteiger partial charge in [0.1, 0.15) is 29.4 Å². The number of piperazine rings is 1. The molecule has 2 heterocycles. The molecule has 0 bridgehead atoms. The Morgan fingerprint density at radius 3 is 2.30 bits per heavy atom.